The van der Waals surface area contributed by atoms with Gasteiger partial charge in [-0.05, 0) is 12.1 Å². The van der Waals surface area contributed by atoms with E-state index in [0.29, 0.717) is 0 Å². The van der Waals surface area contributed by atoms with Crippen molar-refractivity contribution in [3.63, 3.8) is 0 Å². The highest BCUT2D eigenvalue weighted by molar-refractivity contribution is 9.10. The van der Waals surface area contributed by atoms with E-state index in [-0.39, 0.29) is 21.3 Å². The second-order valence-corrected chi connectivity index (χ2v) is 3.55. The fourth-order valence-electron chi connectivity index (χ4n) is 0.983. The maximum absolute atomic E-state index is 13.4. The first kappa shape index (κ1) is 9.61. The summed E-state index contributed by atoms with van der Waals surface area (Å²) in [4.78, 5) is 0.201. The van der Waals surface area contributed by atoms with Crippen LogP contribution in [0.25, 0.3) is 11.5 Å². The molecule has 0 atom stereocenters. The number of aromatic nitrogens is 2. The van der Waals surface area contributed by atoms with E-state index in [4.69, 9.17) is 16.0 Å². The second kappa shape index (κ2) is 3.67. The van der Waals surface area contributed by atoms with Crippen LogP contribution in [0.5, 0.6) is 0 Å². The lowest BCUT2D eigenvalue weighted by atomic mass is 10.2. The molecule has 0 spiro atoms. The molecule has 14 heavy (non-hydrogen) atoms. The van der Waals surface area contributed by atoms with Crippen LogP contribution in [0.2, 0.25) is 5.02 Å². The third-order valence-electron chi connectivity index (χ3n) is 1.58. The van der Waals surface area contributed by atoms with Gasteiger partial charge in [-0.15, -0.1) is 10.2 Å². The van der Waals surface area contributed by atoms with Crippen molar-refractivity contribution in [3.8, 4) is 11.5 Å². The Labute approximate surface area is 92.0 Å². The van der Waals surface area contributed by atoms with Gasteiger partial charge in [-0.25, -0.2) is 4.39 Å². The Morgan fingerprint density at radius 1 is 1.36 bits per heavy atom. The highest BCUT2D eigenvalue weighted by Crippen LogP contribution is 2.27. The van der Waals surface area contributed by atoms with Gasteiger partial charge in [0.15, 0.2) is 5.82 Å². The first-order valence-electron chi connectivity index (χ1n) is 3.62. The third kappa shape index (κ3) is 1.65. The van der Waals surface area contributed by atoms with Gasteiger partial charge in [0, 0.05) is 15.9 Å². The van der Waals surface area contributed by atoms with Crippen LogP contribution >= 0.6 is 27.5 Å². The quantitative estimate of drug-likeness (QED) is 0.803. The van der Waals surface area contributed by atoms with E-state index in [1.54, 1.807) is 6.07 Å². The van der Waals surface area contributed by atoms with E-state index in [2.05, 4.69) is 26.1 Å². The van der Waals surface area contributed by atoms with Crippen molar-refractivity contribution in [1.29, 1.82) is 0 Å². The first-order valence-corrected chi connectivity index (χ1v) is 4.79. The second-order valence-electron chi connectivity index (χ2n) is 2.46. The monoisotopic (exact) mass is 276 g/mol. The Bertz CT molecular complexity index is 474. The Hall–Kier alpha value is -0.940. The standard InChI is InChI=1S/C8H3BrClFN2O/c9-8-13-12-7(14-8)4-2-1-3-5(10)6(4)11/h1-3H. The van der Waals surface area contributed by atoms with Crippen molar-refractivity contribution >= 4 is 27.5 Å². The number of nitrogens with zero attached hydrogens (tertiary/aromatic N) is 2. The number of benzene rings is 1. The molecular weight excluding hydrogens is 274 g/mol. The van der Waals surface area contributed by atoms with Crippen molar-refractivity contribution in [3.05, 3.63) is 33.8 Å². The maximum atomic E-state index is 13.4. The van der Waals surface area contributed by atoms with Gasteiger partial charge in [0.2, 0.25) is 0 Å². The number of rotatable bonds is 1. The van der Waals surface area contributed by atoms with Gasteiger partial charge in [-0.1, -0.05) is 17.7 Å². The predicted octanol–water partition coefficient (Wildman–Crippen LogP) is 3.29. The summed E-state index contributed by atoms with van der Waals surface area (Å²) in [6, 6.07) is 4.58. The van der Waals surface area contributed by atoms with E-state index in [9.17, 15) is 4.39 Å². The minimum atomic E-state index is -0.565. The summed E-state index contributed by atoms with van der Waals surface area (Å²) in [7, 11) is 0. The summed E-state index contributed by atoms with van der Waals surface area (Å²) in [5.74, 6) is -0.470. The van der Waals surface area contributed by atoms with Crippen LogP contribution in [0.3, 0.4) is 0 Å². The fourth-order valence-corrected chi connectivity index (χ4v) is 1.39. The van der Waals surface area contributed by atoms with Crippen molar-refractivity contribution in [2.45, 2.75) is 0 Å². The molecule has 0 unspecified atom stereocenters. The lowest BCUT2D eigenvalue weighted by Crippen LogP contribution is -1.85. The molecule has 2 aromatic rings. The van der Waals surface area contributed by atoms with Crippen molar-refractivity contribution in [2.75, 3.05) is 0 Å². The summed E-state index contributed by atoms with van der Waals surface area (Å²) in [5.41, 5.74) is 0.190. The van der Waals surface area contributed by atoms with Crippen molar-refractivity contribution in [2.24, 2.45) is 0 Å². The molecule has 2 rings (SSSR count). The largest absolute Gasteiger partial charge is 0.411 e. The lowest BCUT2D eigenvalue weighted by Gasteiger charge is -1.97. The molecule has 0 amide bonds. The van der Waals surface area contributed by atoms with Crippen LogP contribution < -0.4 is 0 Å². The molecule has 6 heteroatoms. The molecule has 0 saturated heterocycles. The van der Waals surface area contributed by atoms with Crippen molar-refractivity contribution < 1.29 is 8.81 Å². The Kier molecular flexibility index (Phi) is 2.52. The molecule has 0 N–H and O–H groups in total. The van der Waals surface area contributed by atoms with E-state index < -0.39 is 5.82 Å². The van der Waals surface area contributed by atoms with Crippen LogP contribution in [0.15, 0.2) is 27.4 Å². The number of hydrogen-bond donors (Lipinski definition) is 0. The number of hydrogen-bond acceptors (Lipinski definition) is 3. The van der Waals surface area contributed by atoms with Crippen LogP contribution in [-0.4, -0.2) is 10.2 Å². The zero-order valence-corrected chi connectivity index (χ0v) is 9.01. The van der Waals surface area contributed by atoms with Gasteiger partial charge in [-0.3, -0.25) is 0 Å². The molecule has 1 heterocycles. The fraction of sp³-hybridized carbons (Fsp3) is 0. The van der Waals surface area contributed by atoms with E-state index in [1.165, 1.54) is 12.1 Å². The summed E-state index contributed by atoms with van der Waals surface area (Å²) in [6.45, 7) is 0. The Balaban J connectivity index is 2.57. The Morgan fingerprint density at radius 2 is 2.14 bits per heavy atom. The normalized spacial score (nSPS) is 10.5. The molecule has 0 fully saturated rings. The van der Waals surface area contributed by atoms with E-state index in [1.807, 2.05) is 0 Å². The van der Waals surface area contributed by atoms with Crippen LogP contribution in [0.4, 0.5) is 4.39 Å². The van der Waals surface area contributed by atoms with E-state index >= 15 is 0 Å². The van der Waals surface area contributed by atoms with Gasteiger partial charge >= 0.3 is 0 Å². The zero-order valence-electron chi connectivity index (χ0n) is 6.67. The van der Waals surface area contributed by atoms with Crippen LogP contribution in [0, 0.1) is 5.82 Å². The third-order valence-corrected chi connectivity index (χ3v) is 2.19. The van der Waals surface area contributed by atoms with Crippen LogP contribution in [-0.2, 0) is 0 Å². The van der Waals surface area contributed by atoms with Gasteiger partial charge in [0.25, 0.3) is 10.7 Å². The Morgan fingerprint density at radius 3 is 2.79 bits per heavy atom. The molecule has 0 bridgehead atoms. The average Bonchev–Trinajstić information content (AvgIpc) is 2.57. The highest BCUT2D eigenvalue weighted by atomic mass is 79.9. The maximum Gasteiger partial charge on any atom is 0.285 e. The molecule has 0 aliphatic carbocycles. The first-order chi connectivity index (χ1) is 6.68. The summed E-state index contributed by atoms with van der Waals surface area (Å²) in [5, 5.41) is 7.20. The van der Waals surface area contributed by atoms with Gasteiger partial charge < -0.3 is 4.42 Å². The molecule has 1 aromatic heterocycles. The lowest BCUT2D eigenvalue weighted by molar-refractivity contribution is 0.533. The SMILES string of the molecule is Fc1c(Cl)cccc1-c1nnc(Br)o1. The molecule has 1 aromatic carbocycles. The van der Waals surface area contributed by atoms with E-state index in [0.717, 1.165) is 0 Å². The average molecular weight is 277 g/mol. The summed E-state index contributed by atoms with van der Waals surface area (Å²) < 4.78 is 18.4. The minimum absolute atomic E-state index is 0.0248. The zero-order chi connectivity index (χ0) is 10.1. The van der Waals surface area contributed by atoms with Crippen molar-refractivity contribution in [1.82, 2.24) is 10.2 Å². The molecule has 3 nitrogen and oxygen atoms in total. The number of halogens is 3. The van der Waals surface area contributed by atoms with Gasteiger partial charge in [-0.2, -0.15) is 0 Å². The molecule has 0 aliphatic rings. The molecule has 0 saturated carbocycles. The molecule has 0 aliphatic heterocycles. The molecule has 72 valence electrons. The minimum Gasteiger partial charge on any atom is -0.411 e. The van der Waals surface area contributed by atoms with Crippen LogP contribution in [0.1, 0.15) is 0 Å². The summed E-state index contributed by atoms with van der Waals surface area (Å²) in [6.07, 6.45) is 0. The topological polar surface area (TPSA) is 38.9 Å². The van der Waals surface area contributed by atoms with Gasteiger partial charge in [0.05, 0.1) is 10.6 Å². The summed E-state index contributed by atoms with van der Waals surface area (Å²) >= 11 is 8.57. The predicted molar refractivity (Wildman–Crippen MR) is 52.4 cm³/mol. The smallest absolute Gasteiger partial charge is 0.285 e. The highest BCUT2D eigenvalue weighted by Gasteiger charge is 2.13. The van der Waals surface area contributed by atoms with Gasteiger partial charge in [0.1, 0.15) is 0 Å². The molecule has 0 radical (unpaired) electrons. The molecular formula is C8H3BrClFN2O.